The fourth-order valence-electron chi connectivity index (χ4n) is 0.388. The highest BCUT2D eigenvalue weighted by atomic mass is 16.3. The molecular formula is C4H12N5O+. The van der Waals surface area contributed by atoms with Crippen molar-refractivity contribution in [1.29, 1.82) is 0 Å². The van der Waals surface area contributed by atoms with Crippen molar-refractivity contribution in [3.63, 3.8) is 0 Å². The monoisotopic (exact) mass is 146 g/mol. The third-order valence-electron chi connectivity index (χ3n) is 0.724. The van der Waals surface area contributed by atoms with Gasteiger partial charge >= 0.3 is 5.96 Å². The molecule has 0 amide bonds. The summed E-state index contributed by atoms with van der Waals surface area (Å²) in [6.07, 6.45) is 0. The van der Waals surface area contributed by atoms with Crippen LogP contribution in [0.4, 0.5) is 0 Å². The zero-order valence-electron chi connectivity index (χ0n) is 5.76. The van der Waals surface area contributed by atoms with Gasteiger partial charge in [0.15, 0.2) is 6.73 Å². The fraction of sp³-hybridized carbons (Fsp3) is 0.500. The number of rotatable bonds is 1. The molecule has 10 heavy (non-hydrogen) atoms. The molecule has 0 saturated carbocycles. The van der Waals surface area contributed by atoms with E-state index in [0.29, 0.717) is 5.96 Å². The second kappa shape index (κ2) is 4.57. The molecular weight excluding hydrogens is 134 g/mol. The summed E-state index contributed by atoms with van der Waals surface area (Å²) in [6.45, 7) is -0.215. The zero-order valence-corrected chi connectivity index (χ0v) is 5.76. The number of aliphatic hydroxyl groups is 1. The van der Waals surface area contributed by atoms with Gasteiger partial charge in [-0.05, 0) is 4.99 Å². The van der Waals surface area contributed by atoms with Crippen molar-refractivity contribution in [2.45, 2.75) is 0 Å². The molecule has 0 aromatic heterocycles. The van der Waals surface area contributed by atoms with Gasteiger partial charge in [-0.1, -0.05) is 0 Å². The van der Waals surface area contributed by atoms with Crippen molar-refractivity contribution >= 4 is 11.9 Å². The summed E-state index contributed by atoms with van der Waals surface area (Å²) in [5, 5.41) is 10.8. The topological polar surface area (TPSA) is 111 Å². The first-order chi connectivity index (χ1) is 4.70. The van der Waals surface area contributed by atoms with Crippen LogP contribution in [0.15, 0.2) is 4.99 Å². The number of nitrogens with one attached hydrogen (secondary N) is 2. The maximum absolute atomic E-state index is 8.36. The molecule has 6 heteroatoms. The van der Waals surface area contributed by atoms with Crippen LogP contribution in [-0.2, 0) is 0 Å². The van der Waals surface area contributed by atoms with E-state index in [1.54, 1.807) is 7.05 Å². The minimum Gasteiger partial charge on any atom is -0.364 e. The molecule has 0 aromatic carbocycles. The molecule has 0 unspecified atom stereocenters. The molecule has 6 nitrogen and oxygen atoms in total. The van der Waals surface area contributed by atoms with Gasteiger partial charge in [-0.15, -0.1) is 0 Å². The molecule has 0 aliphatic rings. The Hall–Kier alpha value is -1.30. The SMILES string of the molecule is C[NH+]=C(N=C(N)N)NCO. The molecule has 0 atom stereocenters. The third-order valence-corrected chi connectivity index (χ3v) is 0.724. The summed E-state index contributed by atoms with van der Waals surface area (Å²) in [6, 6.07) is 0. The molecule has 0 aliphatic carbocycles. The molecule has 0 aliphatic heterocycles. The molecule has 0 fully saturated rings. The van der Waals surface area contributed by atoms with Crippen LogP contribution in [0, 0.1) is 0 Å². The van der Waals surface area contributed by atoms with Crippen molar-refractivity contribution in [2.24, 2.45) is 16.5 Å². The van der Waals surface area contributed by atoms with Crippen molar-refractivity contribution in [2.75, 3.05) is 13.8 Å². The van der Waals surface area contributed by atoms with Crippen LogP contribution >= 0.6 is 0 Å². The van der Waals surface area contributed by atoms with Crippen molar-refractivity contribution in [3.05, 3.63) is 0 Å². The van der Waals surface area contributed by atoms with E-state index in [1.807, 2.05) is 0 Å². The number of hydrogen-bond acceptors (Lipinski definition) is 1. The Bertz CT molecular complexity index is 148. The van der Waals surface area contributed by atoms with Gasteiger partial charge in [-0.25, -0.2) is 0 Å². The van der Waals surface area contributed by atoms with Crippen LogP contribution in [0.5, 0.6) is 0 Å². The lowest BCUT2D eigenvalue weighted by atomic mass is 10.9. The van der Waals surface area contributed by atoms with Gasteiger partial charge in [-0.2, -0.15) is 0 Å². The molecule has 0 radical (unpaired) electrons. The minimum atomic E-state index is -0.215. The predicted octanol–water partition coefficient (Wildman–Crippen LogP) is -4.13. The van der Waals surface area contributed by atoms with Crippen molar-refractivity contribution < 1.29 is 10.1 Å². The summed E-state index contributed by atoms with van der Waals surface area (Å²) in [5.74, 6) is 0.271. The molecule has 0 aromatic rings. The average Bonchev–Trinajstić information content (AvgIpc) is 1.86. The van der Waals surface area contributed by atoms with Crippen LogP contribution in [0.2, 0.25) is 0 Å². The number of nitrogens with zero attached hydrogens (tertiary/aromatic N) is 1. The number of hydrogen-bond donors (Lipinski definition) is 5. The minimum absolute atomic E-state index is 0.0645. The summed E-state index contributed by atoms with van der Waals surface area (Å²) in [4.78, 5) is 6.22. The van der Waals surface area contributed by atoms with Crippen LogP contribution in [0.1, 0.15) is 0 Å². The molecule has 0 heterocycles. The van der Waals surface area contributed by atoms with Gasteiger partial charge in [0.05, 0.1) is 7.05 Å². The molecule has 0 spiro atoms. The Labute approximate surface area is 58.6 Å². The normalized spacial score (nSPS) is 10.8. The van der Waals surface area contributed by atoms with E-state index in [0.717, 1.165) is 0 Å². The lowest BCUT2D eigenvalue weighted by molar-refractivity contribution is -0.423. The van der Waals surface area contributed by atoms with E-state index in [4.69, 9.17) is 16.6 Å². The largest absolute Gasteiger partial charge is 0.389 e. The lowest BCUT2D eigenvalue weighted by Gasteiger charge is -1.90. The summed E-state index contributed by atoms with van der Waals surface area (Å²) in [7, 11) is 1.63. The lowest BCUT2D eigenvalue weighted by Crippen LogP contribution is -2.71. The maximum Gasteiger partial charge on any atom is 0.389 e. The van der Waals surface area contributed by atoms with Gasteiger partial charge < -0.3 is 16.6 Å². The third kappa shape index (κ3) is 3.67. The highest BCUT2D eigenvalue weighted by molar-refractivity contribution is 5.90. The van der Waals surface area contributed by atoms with Gasteiger partial charge in [-0.3, -0.25) is 10.3 Å². The van der Waals surface area contributed by atoms with Crippen LogP contribution in [-0.4, -0.2) is 30.8 Å². The average molecular weight is 146 g/mol. The molecule has 0 bridgehead atoms. The molecule has 7 N–H and O–H groups in total. The Morgan fingerprint density at radius 2 is 2.30 bits per heavy atom. The smallest absolute Gasteiger partial charge is 0.364 e. The summed E-state index contributed by atoms with van der Waals surface area (Å²) in [5.41, 5.74) is 10.1. The Balaban J connectivity index is 3.98. The van der Waals surface area contributed by atoms with E-state index in [-0.39, 0.29) is 12.7 Å². The highest BCUT2D eigenvalue weighted by Crippen LogP contribution is 1.60. The second-order valence-electron chi connectivity index (χ2n) is 1.47. The Morgan fingerprint density at radius 3 is 2.60 bits per heavy atom. The first-order valence-corrected chi connectivity index (χ1v) is 2.69. The van der Waals surface area contributed by atoms with Crippen molar-refractivity contribution in [3.8, 4) is 0 Å². The van der Waals surface area contributed by atoms with Crippen molar-refractivity contribution in [1.82, 2.24) is 5.32 Å². The van der Waals surface area contributed by atoms with E-state index in [1.165, 1.54) is 0 Å². The molecule has 58 valence electrons. The summed E-state index contributed by atoms with van der Waals surface area (Å²) < 4.78 is 0. The maximum atomic E-state index is 8.36. The van der Waals surface area contributed by atoms with Gasteiger partial charge in [0.1, 0.15) is 0 Å². The van der Waals surface area contributed by atoms with E-state index in [2.05, 4.69) is 15.3 Å². The van der Waals surface area contributed by atoms with Crippen LogP contribution in [0.3, 0.4) is 0 Å². The predicted molar refractivity (Wildman–Crippen MR) is 37.9 cm³/mol. The molecule has 0 saturated heterocycles. The zero-order chi connectivity index (χ0) is 7.98. The van der Waals surface area contributed by atoms with Crippen LogP contribution in [0.25, 0.3) is 0 Å². The Kier molecular flexibility index (Phi) is 3.97. The second-order valence-corrected chi connectivity index (χ2v) is 1.47. The molecule has 0 rings (SSSR count). The number of aliphatic imine (C=N–C) groups is 1. The van der Waals surface area contributed by atoms with Crippen LogP contribution < -0.4 is 21.8 Å². The van der Waals surface area contributed by atoms with Gasteiger partial charge in [0.2, 0.25) is 0 Å². The van der Waals surface area contributed by atoms with E-state index in [9.17, 15) is 0 Å². The van der Waals surface area contributed by atoms with E-state index >= 15 is 0 Å². The summed E-state index contributed by atoms with van der Waals surface area (Å²) >= 11 is 0. The van der Waals surface area contributed by atoms with Gasteiger partial charge in [0, 0.05) is 0 Å². The first kappa shape index (κ1) is 8.70. The quantitative estimate of drug-likeness (QED) is 0.147. The number of nitrogens with two attached hydrogens (primary N) is 2. The van der Waals surface area contributed by atoms with Gasteiger partial charge in [0.25, 0.3) is 5.96 Å². The Morgan fingerprint density at radius 1 is 1.70 bits per heavy atom. The first-order valence-electron chi connectivity index (χ1n) is 2.69. The highest BCUT2D eigenvalue weighted by Gasteiger charge is 2.01. The number of aliphatic hydroxyl groups excluding tert-OH is 1. The fourth-order valence-corrected chi connectivity index (χ4v) is 0.388. The standard InChI is InChI=1S/C4H11N5O/c1-7-4(8-2-10)9-3(5)6/h10H,2H2,1H3,(H5,5,6,7,8,9)/p+1. The number of guanidine groups is 2. The van der Waals surface area contributed by atoms with E-state index < -0.39 is 0 Å².